The second-order valence-corrected chi connectivity index (χ2v) is 7.49. The Balaban J connectivity index is 1.51. The van der Waals surface area contributed by atoms with Gasteiger partial charge in [-0.05, 0) is 38.0 Å². The number of benzene rings is 1. The van der Waals surface area contributed by atoms with Crippen LogP contribution in [0.25, 0.3) is 11.5 Å². The summed E-state index contributed by atoms with van der Waals surface area (Å²) in [7, 11) is 0. The van der Waals surface area contributed by atoms with Crippen LogP contribution < -0.4 is 0 Å². The topological polar surface area (TPSA) is 55.6 Å². The zero-order valence-corrected chi connectivity index (χ0v) is 15.7. The number of aromatic nitrogens is 1. The molecular weight excluding hydrogens is 352 g/mol. The van der Waals surface area contributed by atoms with E-state index in [1.54, 1.807) is 0 Å². The maximum atomic E-state index is 12.9. The lowest BCUT2D eigenvalue weighted by atomic mass is 9.90. The standard InChI is InChI=1S/C20H23ClN2O3/c1-13-16(22-20(26-13)14-5-4-6-15(21)11-14)12-19(24)23-9-10-25-18-8-3-2-7-17(18)23/h4-6,11,17-18H,2-3,7-10,12H2,1H3. The summed E-state index contributed by atoms with van der Waals surface area (Å²) in [6.45, 7) is 3.14. The second kappa shape index (κ2) is 7.41. The van der Waals surface area contributed by atoms with E-state index in [0.29, 0.717) is 35.5 Å². The molecule has 0 spiro atoms. The molecule has 6 heteroatoms. The van der Waals surface area contributed by atoms with Crippen molar-refractivity contribution in [2.45, 2.75) is 51.2 Å². The summed E-state index contributed by atoms with van der Waals surface area (Å²) < 4.78 is 11.7. The fourth-order valence-corrected chi connectivity index (χ4v) is 4.18. The van der Waals surface area contributed by atoms with Crippen molar-refractivity contribution in [2.75, 3.05) is 13.2 Å². The number of nitrogens with zero attached hydrogens (tertiary/aromatic N) is 2. The third kappa shape index (κ3) is 3.51. The zero-order valence-electron chi connectivity index (χ0n) is 14.9. The van der Waals surface area contributed by atoms with Crippen LogP contribution in [0.3, 0.4) is 0 Å². The van der Waals surface area contributed by atoms with E-state index in [2.05, 4.69) is 4.98 Å². The van der Waals surface area contributed by atoms with Gasteiger partial charge in [0.15, 0.2) is 0 Å². The van der Waals surface area contributed by atoms with Crippen LogP contribution in [0.4, 0.5) is 0 Å². The zero-order chi connectivity index (χ0) is 18.1. The Bertz CT molecular complexity index is 802. The first-order valence-electron chi connectivity index (χ1n) is 9.25. The van der Waals surface area contributed by atoms with E-state index < -0.39 is 0 Å². The van der Waals surface area contributed by atoms with Crippen molar-refractivity contribution in [1.82, 2.24) is 9.88 Å². The molecule has 138 valence electrons. The number of hydrogen-bond acceptors (Lipinski definition) is 4. The number of amides is 1. The normalized spacial score (nSPS) is 22.9. The third-order valence-electron chi connectivity index (χ3n) is 5.34. The van der Waals surface area contributed by atoms with Gasteiger partial charge in [0.25, 0.3) is 0 Å². The average molecular weight is 375 g/mol. The summed E-state index contributed by atoms with van der Waals surface area (Å²) in [5.74, 6) is 1.30. The van der Waals surface area contributed by atoms with E-state index in [9.17, 15) is 4.79 Å². The Labute approximate surface area is 158 Å². The summed E-state index contributed by atoms with van der Waals surface area (Å²) in [5, 5.41) is 0.632. The predicted octanol–water partition coefficient (Wildman–Crippen LogP) is 4.02. The first-order chi connectivity index (χ1) is 12.6. The van der Waals surface area contributed by atoms with Crippen molar-refractivity contribution in [2.24, 2.45) is 0 Å². The molecule has 0 bridgehead atoms. The van der Waals surface area contributed by atoms with Crippen LogP contribution in [0.2, 0.25) is 5.02 Å². The van der Waals surface area contributed by atoms with E-state index >= 15 is 0 Å². The third-order valence-corrected chi connectivity index (χ3v) is 5.57. The Morgan fingerprint density at radius 3 is 3.04 bits per heavy atom. The number of oxazole rings is 1. The molecule has 1 saturated heterocycles. The van der Waals surface area contributed by atoms with Crippen molar-refractivity contribution in [1.29, 1.82) is 0 Å². The molecule has 2 aromatic rings. The summed E-state index contributed by atoms with van der Waals surface area (Å²) in [5.41, 5.74) is 1.52. The van der Waals surface area contributed by atoms with Gasteiger partial charge >= 0.3 is 0 Å². The van der Waals surface area contributed by atoms with Gasteiger partial charge in [-0.2, -0.15) is 0 Å². The van der Waals surface area contributed by atoms with E-state index in [0.717, 1.165) is 24.8 Å². The van der Waals surface area contributed by atoms with Gasteiger partial charge in [0.1, 0.15) is 5.76 Å². The maximum Gasteiger partial charge on any atom is 0.229 e. The van der Waals surface area contributed by atoms with Gasteiger partial charge in [0, 0.05) is 17.1 Å². The minimum absolute atomic E-state index is 0.110. The molecule has 4 rings (SSSR count). The number of carbonyl (C=O) groups is 1. The van der Waals surface area contributed by atoms with Crippen LogP contribution in [0.5, 0.6) is 0 Å². The fraction of sp³-hybridized carbons (Fsp3) is 0.500. The molecule has 1 aromatic carbocycles. The van der Waals surface area contributed by atoms with Crippen molar-refractivity contribution in [3.63, 3.8) is 0 Å². The highest BCUT2D eigenvalue weighted by Crippen LogP contribution is 2.29. The van der Waals surface area contributed by atoms with Gasteiger partial charge in [0.2, 0.25) is 11.8 Å². The molecule has 2 fully saturated rings. The summed E-state index contributed by atoms with van der Waals surface area (Å²) in [6.07, 6.45) is 4.89. The van der Waals surface area contributed by atoms with E-state index in [4.69, 9.17) is 20.8 Å². The summed E-state index contributed by atoms with van der Waals surface area (Å²) in [6, 6.07) is 7.60. The molecule has 1 aliphatic heterocycles. The van der Waals surface area contributed by atoms with Crippen LogP contribution >= 0.6 is 11.6 Å². The second-order valence-electron chi connectivity index (χ2n) is 7.06. The number of ether oxygens (including phenoxy) is 1. The predicted molar refractivity (Wildman–Crippen MR) is 99.1 cm³/mol. The molecule has 1 saturated carbocycles. The van der Waals surface area contributed by atoms with Gasteiger partial charge in [-0.25, -0.2) is 4.98 Å². The number of morpholine rings is 1. The molecule has 2 heterocycles. The highest BCUT2D eigenvalue weighted by molar-refractivity contribution is 6.30. The minimum atomic E-state index is 0.110. The Morgan fingerprint density at radius 1 is 1.35 bits per heavy atom. The van der Waals surface area contributed by atoms with Crippen LogP contribution in [0.15, 0.2) is 28.7 Å². The van der Waals surface area contributed by atoms with Gasteiger partial charge < -0.3 is 14.1 Å². The summed E-state index contributed by atoms with van der Waals surface area (Å²) in [4.78, 5) is 19.5. The number of halogens is 1. The SMILES string of the molecule is Cc1oc(-c2cccc(Cl)c2)nc1CC(=O)N1CCOC2CCCCC21. The van der Waals surface area contributed by atoms with Gasteiger partial charge in [-0.1, -0.05) is 30.5 Å². The van der Waals surface area contributed by atoms with Crippen LogP contribution in [-0.4, -0.2) is 41.1 Å². The van der Waals surface area contributed by atoms with Crippen molar-refractivity contribution in [3.05, 3.63) is 40.7 Å². The summed E-state index contributed by atoms with van der Waals surface area (Å²) >= 11 is 6.05. The molecule has 2 aliphatic rings. The quantitative estimate of drug-likeness (QED) is 0.814. The molecule has 2 unspecified atom stereocenters. The smallest absolute Gasteiger partial charge is 0.229 e. The highest BCUT2D eigenvalue weighted by Gasteiger charge is 2.36. The Kier molecular flexibility index (Phi) is 5.00. The molecule has 1 aliphatic carbocycles. The van der Waals surface area contributed by atoms with Crippen molar-refractivity contribution in [3.8, 4) is 11.5 Å². The number of rotatable bonds is 3. The number of fused-ring (bicyclic) bond motifs is 1. The number of hydrogen-bond donors (Lipinski definition) is 0. The number of carbonyl (C=O) groups excluding carboxylic acids is 1. The molecule has 0 radical (unpaired) electrons. The Morgan fingerprint density at radius 2 is 2.19 bits per heavy atom. The molecular formula is C20H23ClN2O3. The molecule has 26 heavy (non-hydrogen) atoms. The lowest BCUT2D eigenvalue weighted by molar-refractivity contribution is -0.148. The Hall–Kier alpha value is -1.85. The maximum absolute atomic E-state index is 12.9. The highest BCUT2D eigenvalue weighted by atomic mass is 35.5. The van der Waals surface area contributed by atoms with Gasteiger partial charge in [-0.15, -0.1) is 0 Å². The molecule has 1 amide bonds. The van der Waals surface area contributed by atoms with Gasteiger partial charge in [-0.3, -0.25) is 4.79 Å². The van der Waals surface area contributed by atoms with Crippen LogP contribution in [0, 0.1) is 6.92 Å². The van der Waals surface area contributed by atoms with E-state index in [-0.39, 0.29) is 24.5 Å². The average Bonchev–Trinajstić information content (AvgIpc) is 3.02. The molecule has 5 nitrogen and oxygen atoms in total. The number of aryl methyl sites for hydroxylation is 1. The first-order valence-corrected chi connectivity index (χ1v) is 9.63. The molecule has 0 N–H and O–H groups in total. The van der Waals surface area contributed by atoms with E-state index in [1.807, 2.05) is 36.1 Å². The van der Waals surface area contributed by atoms with Gasteiger partial charge in [0.05, 0.1) is 30.9 Å². The van der Waals surface area contributed by atoms with E-state index in [1.165, 1.54) is 6.42 Å². The molecule has 1 aromatic heterocycles. The fourth-order valence-electron chi connectivity index (χ4n) is 3.99. The molecule has 2 atom stereocenters. The monoisotopic (exact) mass is 374 g/mol. The first kappa shape index (κ1) is 17.6. The van der Waals surface area contributed by atoms with Crippen LogP contribution in [0.1, 0.15) is 37.1 Å². The largest absolute Gasteiger partial charge is 0.441 e. The minimum Gasteiger partial charge on any atom is -0.441 e. The lowest BCUT2D eigenvalue weighted by Crippen LogP contribution is -2.55. The lowest BCUT2D eigenvalue weighted by Gasteiger charge is -2.43. The van der Waals surface area contributed by atoms with Crippen molar-refractivity contribution >= 4 is 17.5 Å². The van der Waals surface area contributed by atoms with Crippen LogP contribution in [-0.2, 0) is 16.0 Å². The van der Waals surface area contributed by atoms with Crippen molar-refractivity contribution < 1.29 is 13.9 Å².